The minimum atomic E-state index is -0.632. The Morgan fingerprint density at radius 2 is 1.62 bits per heavy atom. The highest BCUT2D eigenvalue weighted by Gasteiger charge is 2.11. The first-order valence-corrected chi connectivity index (χ1v) is 6.74. The summed E-state index contributed by atoms with van der Waals surface area (Å²) < 4.78 is 0. The first kappa shape index (κ1) is 14.7. The molecule has 2 rings (SSSR count). The van der Waals surface area contributed by atoms with E-state index in [1.165, 1.54) is 0 Å². The largest absolute Gasteiger partial charge is 0.348 e. The number of amides is 2. The van der Waals surface area contributed by atoms with Gasteiger partial charge in [-0.15, -0.1) is 0 Å². The number of aromatic nitrogens is 1. The molecule has 0 aliphatic heterocycles. The van der Waals surface area contributed by atoms with Crippen LogP contribution in [0, 0.1) is 0 Å². The lowest BCUT2D eigenvalue weighted by Crippen LogP contribution is -2.40. The molecule has 2 aromatic rings. The van der Waals surface area contributed by atoms with E-state index in [9.17, 15) is 9.59 Å². The van der Waals surface area contributed by atoms with Crippen molar-refractivity contribution in [1.82, 2.24) is 15.6 Å². The lowest BCUT2D eigenvalue weighted by Gasteiger charge is -2.06. The number of pyridine rings is 1. The molecule has 2 amide bonds. The monoisotopic (exact) mass is 283 g/mol. The fourth-order valence-electron chi connectivity index (χ4n) is 1.81. The minimum absolute atomic E-state index is 0.290. The van der Waals surface area contributed by atoms with E-state index in [4.69, 9.17) is 0 Å². The molecule has 2 N–H and O–H groups in total. The topological polar surface area (TPSA) is 71.1 Å². The average molecular weight is 283 g/mol. The molecule has 0 bridgehead atoms. The third kappa shape index (κ3) is 5.06. The van der Waals surface area contributed by atoms with Gasteiger partial charge in [-0.1, -0.05) is 36.4 Å². The molecule has 0 spiro atoms. The van der Waals surface area contributed by atoms with Crippen LogP contribution in [0.5, 0.6) is 0 Å². The Morgan fingerprint density at radius 3 is 2.33 bits per heavy atom. The molecule has 0 aliphatic carbocycles. The molecule has 108 valence electrons. The van der Waals surface area contributed by atoms with Crippen molar-refractivity contribution in [1.29, 1.82) is 0 Å². The number of nitrogens with zero attached hydrogens (tertiary/aromatic N) is 1. The smallest absolute Gasteiger partial charge is 0.309 e. The third-order valence-corrected chi connectivity index (χ3v) is 2.92. The molecule has 5 heteroatoms. The molecule has 0 unspecified atom stereocenters. The molecular formula is C16H17N3O2. The van der Waals surface area contributed by atoms with E-state index in [0.717, 1.165) is 11.1 Å². The summed E-state index contributed by atoms with van der Waals surface area (Å²) in [6, 6.07) is 13.4. The van der Waals surface area contributed by atoms with Crippen molar-refractivity contribution in [3.8, 4) is 0 Å². The Balaban J connectivity index is 1.69. The van der Waals surface area contributed by atoms with Crippen LogP contribution in [-0.4, -0.2) is 23.3 Å². The molecule has 0 saturated heterocycles. The normalized spacial score (nSPS) is 9.90. The highest BCUT2D eigenvalue weighted by molar-refractivity contribution is 6.35. The van der Waals surface area contributed by atoms with Crippen molar-refractivity contribution in [2.24, 2.45) is 0 Å². The highest BCUT2D eigenvalue weighted by Crippen LogP contribution is 1.98. The molecule has 5 nitrogen and oxygen atoms in total. The quantitative estimate of drug-likeness (QED) is 0.806. The molecule has 1 aromatic carbocycles. The summed E-state index contributed by atoms with van der Waals surface area (Å²) in [5, 5.41) is 5.16. The van der Waals surface area contributed by atoms with Crippen LogP contribution in [0.15, 0.2) is 54.9 Å². The third-order valence-electron chi connectivity index (χ3n) is 2.92. The summed E-state index contributed by atoms with van der Waals surface area (Å²) >= 11 is 0. The van der Waals surface area contributed by atoms with Crippen molar-refractivity contribution in [3.63, 3.8) is 0 Å². The zero-order chi connectivity index (χ0) is 14.9. The molecule has 0 fully saturated rings. The molecule has 0 saturated carbocycles. The number of carbonyl (C=O) groups is 2. The van der Waals surface area contributed by atoms with Crippen LogP contribution in [0.1, 0.15) is 11.1 Å². The summed E-state index contributed by atoms with van der Waals surface area (Å²) in [5.74, 6) is -1.25. The van der Waals surface area contributed by atoms with Crippen molar-refractivity contribution < 1.29 is 9.59 Å². The van der Waals surface area contributed by atoms with Gasteiger partial charge in [0, 0.05) is 25.5 Å². The molecule has 0 atom stereocenters. The van der Waals surface area contributed by atoms with E-state index < -0.39 is 11.8 Å². The Labute approximate surface area is 123 Å². The average Bonchev–Trinajstić information content (AvgIpc) is 2.54. The van der Waals surface area contributed by atoms with Crippen LogP contribution in [0.2, 0.25) is 0 Å². The molecule has 1 heterocycles. The van der Waals surface area contributed by atoms with E-state index in [-0.39, 0.29) is 0 Å². The van der Waals surface area contributed by atoms with Crippen LogP contribution < -0.4 is 10.6 Å². The number of nitrogens with one attached hydrogen (secondary N) is 2. The second kappa shape index (κ2) is 7.79. The molecule has 0 radical (unpaired) electrons. The number of hydrogen-bond acceptors (Lipinski definition) is 3. The molecule has 0 aliphatic rings. The predicted octanol–water partition coefficient (Wildman–Crippen LogP) is 1.06. The fraction of sp³-hybridized carbons (Fsp3) is 0.188. The predicted molar refractivity (Wildman–Crippen MR) is 79.2 cm³/mol. The summed E-state index contributed by atoms with van der Waals surface area (Å²) in [4.78, 5) is 27.2. The van der Waals surface area contributed by atoms with Gasteiger partial charge in [0.15, 0.2) is 0 Å². The summed E-state index contributed by atoms with van der Waals surface area (Å²) in [6.45, 7) is 0.724. The van der Waals surface area contributed by atoms with Crippen LogP contribution in [0.4, 0.5) is 0 Å². The van der Waals surface area contributed by atoms with E-state index in [0.29, 0.717) is 19.5 Å². The van der Waals surface area contributed by atoms with Gasteiger partial charge in [0.25, 0.3) is 0 Å². The van der Waals surface area contributed by atoms with Crippen molar-refractivity contribution in [3.05, 3.63) is 66.0 Å². The summed E-state index contributed by atoms with van der Waals surface area (Å²) in [5.41, 5.74) is 1.97. The van der Waals surface area contributed by atoms with Crippen molar-refractivity contribution >= 4 is 11.8 Å². The maximum atomic E-state index is 11.6. The second-order valence-electron chi connectivity index (χ2n) is 4.54. The fourth-order valence-corrected chi connectivity index (χ4v) is 1.81. The zero-order valence-corrected chi connectivity index (χ0v) is 11.6. The van der Waals surface area contributed by atoms with Crippen LogP contribution in [0.25, 0.3) is 0 Å². The Morgan fingerprint density at radius 1 is 0.905 bits per heavy atom. The molecule has 1 aromatic heterocycles. The van der Waals surface area contributed by atoms with Crippen LogP contribution in [-0.2, 0) is 22.6 Å². The van der Waals surface area contributed by atoms with Gasteiger partial charge in [-0.2, -0.15) is 0 Å². The minimum Gasteiger partial charge on any atom is -0.348 e. The van der Waals surface area contributed by atoms with Gasteiger partial charge in [-0.05, 0) is 23.6 Å². The van der Waals surface area contributed by atoms with Crippen molar-refractivity contribution in [2.75, 3.05) is 6.54 Å². The molecular weight excluding hydrogens is 266 g/mol. The van der Waals surface area contributed by atoms with E-state index >= 15 is 0 Å². The second-order valence-corrected chi connectivity index (χ2v) is 4.54. The van der Waals surface area contributed by atoms with E-state index in [2.05, 4.69) is 15.6 Å². The Kier molecular flexibility index (Phi) is 5.46. The zero-order valence-electron chi connectivity index (χ0n) is 11.6. The van der Waals surface area contributed by atoms with Gasteiger partial charge in [0.1, 0.15) is 0 Å². The SMILES string of the molecule is O=C(NCCc1ccccc1)C(=O)NCc1cccnc1. The number of carbonyl (C=O) groups excluding carboxylic acids is 2. The first-order valence-electron chi connectivity index (χ1n) is 6.74. The van der Waals surface area contributed by atoms with Gasteiger partial charge in [0.05, 0.1) is 0 Å². The summed E-state index contributed by atoms with van der Waals surface area (Å²) in [6.07, 6.45) is 4.00. The van der Waals surface area contributed by atoms with Gasteiger partial charge in [0.2, 0.25) is 0 Å². The van der Waals surface area contributed by atoms with Crippen molar-refractivity contribution in [2.45, 2.75) is 13.0 Å². The standard InChI is InChI=1S/C16H17N3O2/c20-15(18-10-8-13-5-2-1-3-6-13)16(21)19-12-14-7-4-9-17-11-14/h1-7,9,11H,8,10,12H2,(H,18,20)(H,19,21). The lowest BCUT2D eigenvalue weighted by molar-refractivity contribution is -0.139. The molecule has 21 heavy (non-hydrogen) atoms. The number of rotatable bonds is 5. The maximum Gasteiger partial charge on any atom is 0.309 e. The van der Waals surface area contributed by atoms with Crippen LogP contribution >= 0.6 is 0 Å². The lowest BCUT2D eigenvalue weighted by atomic mass is 10.1. The van der Waals surface area contributed by atoms with Crippen LogP contribution in [0.3, 0.4) is 0 Å². The van der Waals surface area contributed by atoms with E-state index in [1.807, 2.05) is 36.4 Å². The first-order chi connectivity index (χ1) is 10.3. The van der Waals surface area contributed by atoms with Gasteiger partial charge < -0.3 is 10.6 Å². The maximum absolute atomic E-state index is 11.6. The highest BCUT2D eigenvalue weighted by atomic mass is 16.2. The van der Waals surface area contributed by atoms with Gasteiger partial charge in [-0.3, -0.25) is 14.6 Å². The van der Waals surface area contributed by atoms with E-state index in [1.54, 1.807) is 18.5 Å². The Hall–Kier alpha value is -2.69. The number of hydrogen-bond donors (Lipinski definition) is 2. The number of benzene rings is 1. The summed E-state index contributed by atoms with van der Waals surface area (Å²) in [7, 11) is 0. The van der Waals surface area contributed by atoms with Gasteiger partial charge in [-0.25, -0.2) is 0 Å². The Bertz CT molecular complexity index is 585. The van der Waals surface area contributed by atoms with Gasteiger partial charge >= 0.3 is 11.8 Å².